The van der Waals surface area contributed by atoms with Crippen LogP contribution >= 0.6 is 0 Å². The van der Waals surface area contributed by atoms with Gasteiger partial charge in [-0.15, -0.1) is 0 Å². The summed E-state index contributed by atoms with van der Waals surface area (Å²) in [5.41, 5.74) is 1.67. The lowest BCUT2D eigenvalue weighted by Crippen LogP contribution is -2.25. The van der Waals surface area contributed by atoms with E-state index in [1.54, 1.807) is 38.4 Å². The van der Waals surface area contributed by atoms with Crippen LogP contribution in [-0.4, -0.2) is 36.0 Å². The molecule has 0 fully saturated rings. The van der Waals surface area contributed by atoms with Gasteiger partial charge in [-0.25, -0.2) is 4.39 Å². The maximum atomic E-state index is 14.5. The van der Waals surface area contributed by atoms with Gasteiger partial charge in [0.1, 0.15) is 5.69 Å². The molecule has 1 aromatic heterocycles. The van der Waals surface area contributed by atoms with Crippen molar-refractivity contribution in [2.45, 2.75) is 32.7 Å². The number of halogens is 1. The van der Waals surface area contributed by atoms with Gasteiger partial charge in [0.2, 0.25) is 0 Å². The molecule has 1 heterocycles. The lowest BCUT2D eigenvalue weighted by Gasteiger charge is -2.11. The molecular formula is C19H26FN3O3. The van der Waals surface area contributed by atoms with E-state index in [1.165, 1.54) is 4.68 Å². The van der Waals surface area contributed by atoms with Gasteiger partial charge in [-0.1, -0.05) is 19.1 Å². The summed E-state index contributed by atoms with van der Waals surface area (Å²) >= 11 is 0. The van der Waals surface area contributed by atoms with E-state index in [-0.39, 0.29) is 18.2 Å². The minimum Gasteiger partial charge on any atom is -0.491 e. The molecule has 0 unspecified atom stereocenters. The Morgan fingerprint density at radius 3 is 2.77 bits per heavy atom. The monoisotopic (exact) mass is 363 g/mol. The summed E-state index contributed by atoms with van der Waals surface area (Å²) in [6.45, 7) is 3.13. The average molecular weight is 363 g/mol. The van der Waals surface area contributed by atoms with E-state index in [1.807, 2.05) is 6.92 Å². The van der Waals surface area contributed by atoms with Gasteiger partial charge >= 0.3 is 0 Å². The van der Waals surface area contributed by atoms with Crippen LogP contribution < -0.4 is 10.1 Å². The third-order valence-electron chi connectivity index (χ3n) is 4.01. The molecule has 0 bridgehead atoms. The Hall–Kier alpha value is -2.41. The number of aryl methyl sites for hydroxylation is 2. The van der Waals surface area contributed by atoms with Gasteiger partial charge in [-0.05, 0) is 31.4 Å². The first kappa shape index (κ1) is 19.9. The first-order valence-corrected chi connectivity index (χ1v) is 8.77. The van der Waals surface area contributed by atoms with Crippen LogP contribution in [0.2, 0.25) is 0 Å². The van der Waals surface area contributed by atoms with Crippen molar-refractivity contribution in [3.05, 3.63) is 47.0 Å². The molecule has 0 saturated carbocycles. The first-order valence-electron chi connectivity index (χ1n) is 8.77. The molecule has 1 amide bonds. The minimum atomic E-state index is -0.446. The third-order valence-corrected chi connectivity index (χ3v) is 4.01. The highest BCUT2D eigenvalue weighted by molar-refractivity contribution is 5.92. The minimum absolute atomic E-state index is 0.0815. The molecular weight excluding hydrogens is 337 g/mol. The number of hydrogen-bond donors (Lipinski definition) is 1. The molecule has 1 aromatic carbocycles. The number of unbranched alkanes of at least 4 members (excludes halogenated alkanes) is 1. The number of methoxy groups -OCH3 is 1. The van der Waals surface area contributed by atoms with Gasteiger partial charge in [0.15, 0.2) is 11.6 Å². The van der Waals surface area contributed by atoms with Crippen LogP contribution in [0.15, 0.2) is 24.3 Å². The van der Waals surface area contributed by atoms with Crippen LogP contribution in [0.1, 0.15) is 41.5 Å². The average Bonchev–Trinajstić information content (AvgIpc) is 3.02. The maximum Gasteiger partial charge on any atom is 0.269 e. The number of nitrogens with zero attached hydrogens (tertiary/aromatic N) is 2. The lowest BCUT2D eigenvalue weighted by molar-refractivity contribution is 0.0941. The molecule has 7 heteroatoms. The summed E-state index contributed by atoms with van der Waals surface area (Å²) in [6, 6.07) is 6.68. The van der Waals surface area contributed by atoms with Crippen LogP contribution in [-0.2, 0) is 24.8 Å². The fourth-order valence-corrected chi connectivity index (χ4v) is 2.51. The van der Waals surface area contributed by atoms with Crippen molar-refractivity contribution in [1.29, 1.82) is 0 Å². The Labute approximate surface area is 153 Å². The summed E-state index contributed by atoms with van der Waals surface area (Å²) in [5.74, 6) is -0.535. The van der Waals surface area contributed by atoms with Crippen molar-refractivity contribution in [2.75, 3.05) is 20.3 Å². The van der Waals surface area contributed by atoms with Crippen LogP contribution in [0.5, 0.6) is 5.75 Å². The number of carbonyl (C=O) groups is 1. The second-order valence-corrected chi connectivity index (χ2v) is 5.96. The topological polar surface area (TPSA) is 65.4 Å². The largest absolute Gasteiger partial charge is 0.491 e. The van der Waals surface area contributed by atoms with Crippen LogP contribution in [0.25, 0.3) is 0 Å². The molecule has 2 aromatic rings. The second-order valence-electron chi connectivity index (χ2n) is 5.96. The molecule has 0 aliphatic carbocycles. The summed E-state index contributed by atoms with van der Waals surface area (Å²) in [6.07, 6.45) is 2.40. The summed E-state index contributed by atoms with van der Waals surface area (Å²) in [7, 11) is 3.36. The Balaban J connectivity index is 1.93. The molecule has 6 nitrogen and oxygen atoms in total. The van der Waals surface area contributed by atoms with Gasteiger partial charge < -0.3 is 14.8 Å². The van der Waals surface area contributed by atoms with E-state index in [0.717, 1.165) is 25.0 Å². The Kier molecular flexibility index (Phi) is 7.59. The van der Waals surface area contributed by atoms with Crippen molar-refractivity contribution < 1.29 is 18.7 Å². The van der Waals surface area contributed by atoms with E-state index >= 15 is 0 Å². The molecule has 0 radical (unpaired) electrons. The number of benzene rings is 1. The highest BCUT2D eigenvalue weighted by atomic mass is 19.1. The van der Waals surface area contributed by atoms with E-state index in [4.69, 9.17) is 9.47 Å². The quantitative estimate of drug-likeness (QED) is 0.659. The van der Waals surface area contributed by atoms with E-state index < -0.39 is 5.82 Å². The Morgan fingerprint density at radius 1 is 1.31 bits per heavy atom. The summed E-state index contributed by atoms with van der Waals surface area (Å²) in [4.78, 5) is 12.3. The fraction of sp³-hybridized carbons (Fsp3) is 0.474. The Bertz CT molecular complexity index is 731. The zero-order valence-corrected chi connectivity index (χ0v) is 15.5. The summed E-state index contributed by atoms with van der Waals surface area (Å²) < 4.78 is 26.5. The van der Waals surface area contributed by atoms with Crippen molar-refractivity contribution >= 4 is 5.91 Å². The van der Waals surface area contributed by atoms with Crippen molar-refractivity contribution in [2.24, 2.45) is 7.05 Å². The number of amides is 1. The van der Waals surface area contributed by atoms with Crippen molar-refractivity contribution in [3.63, 3.8) is 0 Å². The molecule has 26 heavy (non-hydrogen) atoms. The molecule has 0 atom stereocenters. The zero-order valence-electron chi connectivity index (χ0n) is 15.5. The van der Waals surface area contributed by atoms with Crippen LogP contribution in [0.4, 0.5) is 4.39 Å². The van der Waals surface area contributed by atoms with Crippen LogP contribution in [0.3, 0.4) is 0 Å². The molecule has 142 valence electrons. The smallest absolute Gasteiger partial charge is 0.269 e. The van der Waals surface area contributed by atoms with E-state index in [0.29, 0.717) is 24.5 Å². The first-order chi connectivity index (χ1) is 12.6. The predicted octanol–water partition coefficient (Wildman–Crippen LogP) is 2.86. The third kappa shape index (κ3) is 5.29. The summed E-state index contributed by atoms with van der Waals surface area (Å²) in [5, 5.41) is 6.98. The number of nitrogens with one attached hydrogen (secondary N) is 1. The number of rotatable bonds is 10. The molecule has 2 rings (SSSR count). The standard InChI is InChI=1S/C19H26FN3O3/c1-4-15-12-16(23(2)22-15)19(24)21-13-14-8-7-9-17(18(14)20)26-11-6-5-10-25-3/h7-9,12H,4-6,10-11,13H2,1-3H3,(H,21,24). The predicted molar refractivity (Wildman–Crippen MR) is 96.8 cm³/mol. The van der Waals surface area contributed by atoms with Gasteiger partial charge in [0, 0.05) is 32.9 Å². The fourth-order valence-electron chi connectivity index (χ4n) is 2.51. The normalized spacial score (nSPS) is 10.8. The van der Waals surface area contributed by atoms with Crippen molar-refractivity contribution in [3.8, 4) is 5.75 Å². The maximum absolute atomic E-state index is 14.5. The van der Waals surface area contributed by atoms with Gasteiger partial charge in [-0.2, -0.15) is 5.10 Å². The Morgan fingerprint density at radius 2 is 2.08 bits per heavy atom. The van der Waals surface area contributed by atoms with Crippen LogP contribution in [0, 0.1) is 5.82 Å². The van der Waals surface area contributed by atoms with E-state index in [2.05, 4.69) is 10.4 Å². The SMILES string of the molecule is CCc1cc(C(=O)NCc2cccc(OCCCCOC)c2F)n(C)n1. The number of hydrogen-bond acceptors (Lipinski definition) is 4. The highest BCUT2D eigenvalue weighted by Crippen LogP contribution is 2.21. The van der Waals surface area contributed by atoms with Gasteiger partial charge in [-0.3, -0.25) is 9.48 Å². The lowest BCUT2D eigenvalue weighted by atomic mass is 10.2. The highest BCUT2D eigenvalue weighted by Gasteiger charge is 2.14. The molecule has 0 spiro atoms. The van der Waals surface area contributed by atoms with Gasteiger partial charge in [0.25, 0.3) is 5.91 Å². The molecule has 0 aliphatic rings. The zero-order chi connectivity index (χ0) is 18.9. The molecule has 1 N–H and O–H groups in total. The van der Waals surface area contributed by atoms with Gasteiger partial charge in [0.05, 0.1) is 12.3 Å². The molecule has 0 saturated heterocycles. The van der Waals surface area contributed by atoms with E-state index in [9.17, 15) is 9.18 Å². The molecule has 0 aliphatic heterocycles. The number of aromatic nitrogens is 2. The van der Waals surface area contributed by atoms with Crippen molar-refractivity contribution in [1.82, 2.24) is 15.1 Å². The second kappa shape index (κ2) is 9.91. The number of ether oxygens (including phenoxy) is 2. The number of carbonyl (C=O) groups excluding carboxylic acids is 1.